The smallest absolute Gasteiger partial charge is 0.303 e. The van der Waals surface area contributed by atoms with E-state index < -0.39 is 36.5 Å². The van der Waals surface area contributed by atoms with Crippen LogP contribution in [0.4, 0.5) is 0 Å². The van der Waals surface area contributed by atoms with Crippen molar-refractivity contribution in [2.24, 2.45) is 0 Å². The third-order valence-corrected chi connectivity index (χ3v) is 2.30. The molecule has 1 aliphatic rings. The molecule has 2 N–H and O–H groups in total. The largest absolute Gasteiger partial charge is 0.463 e. The second-order valence-electron chi connectivity index (χ2n) is 3.82. The second kappa shape index (κ2) is 5.95. The minimum atomic E-state index is -1.33. The minimum absolute atomic E-state index is 0.0344. The first-order valence-electron chi connectivity index (χ1n) is 5.22. The summed E-state index contributed by atoms with van der Waals surface area (Å²) in [5.41, 5.74) is 0. The molecule has 1 saturated heterocycles. The van der Waals surface area contributed by atoms with E-state index in [2.05, 4.69) is 4.74 Å². The first kappa shape index (κ1) is 13.9. The van der Waals surface area contributed by atoms with E-state index in [0.29, 0.717) is 0 Å². The minimum Gasteiger partial charge on any atom is -0.463 e. The van der Waals surface area contributed by atoms with Crippen LogP contribution in [0.5, 0.6) is 0 Å². The number of esters is 2. The van der Waals surface area contributed by atoms with E-state index >= 15 is 0 Å². The van der Waals surface area contributed by atoms with Gasteiger partial charge in [-0.3, -0.25) is 9.59 Å². The van der Waals surface area contributed by atoms with Gasteiger partial charge in [0.15, 0.2) is 12.4 Å². The molecule has 0 saturated carbocycles. The van der Waals surface area contributed by atoms with Crippen LogP contribution in [0, 0.1) is 0 Å². The van der Waals surface area contributed by atoms with Crippen LogP contribution in [0.15, 0.2) is 0 Å². The van der Waals surface area contributed by atoms with Gasteiger partial charge in [0.25, 0.3) is 0 Å². The summed E-state index contributed by atoms with van der Waals surface area (Å²) in [7, 11) is 0. The van der Waals surface area contributed by atoms with Gasteiger partial charge in [0.2, 0.25) is 0 Å². The molecule has 17 heavy (non-hydrogen) atoms. The molecule has 7 heteroatoms. The molecule has 98 valence electrons. The maximum absolute atomic E-state index is 10.7. The van der Waals surface area contributed by atoms with Crippen molar-refractivity contribution in [3.63, 3.8) is 0 Å². The molecular weight excluding hydrogens is 232 g/mol. The van der Waals surface area contributed by atoms with Gasteiger partial charge in [-0.25, -0.2) is 0 Å². The van der Waals surface area contributed by atoms with E-state index in [1.165, 1.54) is 13.8 Å². The highest BCUT2D eigenvalue weighted by Gasteiger charge is 2.38. The summed E-state index contributed by atoms with van der Waals surface area (Å²) < 4.78 is 14.5. The molecule has 0 radical (unpaired) electrons. The Bertz CT molecular complexity index is 290. The zero-order valence-corrected chi connectivity index (χ0v) is 9.66. The van der Waals surface area contributed by atoms with E-state index in [1.54, 1.807) is 0 Å². The number of rotatable bonds is 3. The monoisotopic (exact) mass is 248 g/mol. The lowest BCUT2D eigenvalue weighted by Crippen LogP contribution is -2.50. The Morgan fingerprint density at radius 1 is 1.29 bits per heavy atom. The summed E-state index contributed by atoms with van der Waals surface area (Å²) in [4.78, 5) is 21.3. The fourth-order valence-corrected chi connectivity index (χ4v) is 1.53. The van der Waals surface area contributed by atoms with Gasteiger partial charge >= 0.3 is 11.9 Å². The summed E-state index contributed by atoms with van der Waals surface area (Å²) in [6.45, 7) is 2.28. The van der Waals surface area contributed by atoms with Crippen LogP contribution < -0.4 is 0 Å². The molecule has 1 rings (SSSR count). The van der Waals surface area contributed by atoms with Crippen LogP contribution in [0.3, 0.4) is 0 Å². The molecule has 0 aromatic heterocycles. The zero-order chi connectivity index (χ0) is 13.0. The highest BCUT2D eigenvalue weighted by atomic mass is 16.7. The van der Waals surface area contributed by atoms with Crippen molar-refractivity contribution in [2.45, 2.75) is 44.9 Å². The Labute approximate surface area is 98.3 Å². The van der Waals surface area contributed by atoms with Crippen LogP contribution >= 0.6 is 0 Å². The lowest BCUT2D eigenvalue weighted by Gasteiger charge is -2.35. The third-order valence-electron chi connectivity index (χ3n) is 2.30. The molecule has 1 aliphatic heterocycles. The van der Waals surface area contributed by atoms with Crippen LogP contribution in [0.2, 0.25) is 0 Å². The molecule has 1 fully saturated rings. The predicted molar refractivity (Wildman–Crippen MR) is 53.7 cm³/mol. The van der Waals surface area contributed by atoms with Gasteiger partial charge in [0.05, 0.1) is 6.10 Å². The average Bonchev–Trinajstić information content (AvgIpc) is 2.20. The van der Waals surface area contributed by atoms with Crippen molar-refractivity contribution >= 4 is 11.9 Å². The van der Waals surface area contributed by atoms with Gasteiger partial charge in [-0.2, -0.15) is 0 Å². The topological polar surface area (TPSA) is 102 Å². The summed E-state index contributed by atoms with van der Waals surface area (Å²) >= 11 is 0. The van der Waals surface area contributed by atoms with Crippen molar-refractivity contribution in [2.75, 3.05) is 6.61 Å². The maximum Gasteiger partial charge on any atom is 0.303 e. The van der Waals surface area contributed by atoms with Crippen molar-refractivity contribution in [1.29, 1.82) is 0 Å². The van der Waals surface area contributed by atoms with Gasteiger partial charge in [-0.05, 0) is 0 Å². The molecule has 0 bridgehead atoms. The maximum atomic E-state index is 10.7. The Balaban J connectivity index is 2.48. The number of carbonyl (C=O) groups is 2. The number of aliphatic hydroxyl groups is 2. The SMILES string of the molecule is CC(=O)OC[C@H]1O[C@@H](O)[C@H](OC(C)=O)C[C@H]1O. The van der Waals surface area contributed by atoms with E-state index in [0.717, 1.165) is 0 Å². The molecule has 0 unspecified atom stereocenters. The third kappa shape index (κ3) is 4.29. The van der Waals surface area contributed by atoms with Gasteiger partial charge < -0.3 is 24.4 Å². The Kier molecular flexibility index (Phi) is 4.86. The van der Waals surface area contributed by atoms with Crippen LogP contribution in [-0.4, -0.2) is 53.4 Å². The molecule has 0 amide bonds. The van der Waals surface area contributed by atoms with Gasteiger partial charge in [0.1, 0.15) is 12.7 Å². The van der Waals surface area contributed by atoms with Crippen LogP contribution in [0.1, 0.15) is 20.3 Å². The molecular formula is C10H16O7. The summed E-state index contributed by atoms with van der Waals surface area (Å²) in [5, 5.41) is 19.2. The summed E-state index contributed by atoms with van der Waals surface area (Å²) in [6.07, 6.45) is -3.99. The average molecular weight is 248 g/mol. The number of ether oxygens (including phenoxy) is 3. The van der Waals surface area contributed by atoms with Crippen LogP contribution in [0.25, 0.3) is 0 Å². The number of hydrogen-bond acceptors (Lipinski definition) is 7. The van der Waals surface area contributed by atoms with Gasteiger partial charge in [-0.1, -0.05) is 0 Å². The summed E-state index contributed by atoms with van der Waals surface area (Å²) in [6, 6.07) is 0. The lowest BCUT2D eigenvalue weighted by atomic mass is 10.0. The zero-order valence-electron chi connectivity index (χ0n) is 9.66. The normalized spacial score (nSPS) is 32.9. The van der Waals surface area contributed by atoms with E-state index in [9.17, 15) is 19.8 Å². The Morgan fingerprint density at radius 3 is 2.47 bits per heavy atom. The quantitative estimate of drug-likeness (QED) is 0.614. The fourth-order valence-electron chi connectivity index (χ4n) is 1.53. The standard InChI is InChI=1S/C10H16O7/c1-5(11)15-4-9-7(13)3-8(10(14)17-9)16-6(2)12/h7-10,13-14H,3-4H2,1-2H3/t7-,8-,9-,10-/m1/s1. The molecule has 0 aromatic carbocycles. The Morgan fingerprint density at radius 2 is 1.94 bits per heavy atom. The van der Waals surface area contributed by atoms with E-state index in [-0.39, 0.29) is 13.0 Å². The molecule has 4 atom stereocenters. The lowest BCUT2D eigenvalue weighted by molar-refractivity contribution is -0.258. The van der Waals surface area contributed by atoms with Crippen molar-refractivity contribution in [1.82, 2.24) is 0 Å². The van der Waals surface area contributed by atoms with Crippen molar-refractivity contribution in [3.05, 3.63) is 0 Å². The molecule has 7 nitrogen and oxygen atoms in total. The molecule has 1 heterocycles. The number of aliphatic hydroxyl groups excluding tert-OH is 2. The molecule has 0 aromatic rings. The molecule has 0 aliphatic carbocycles. The van der Waals surface area contributed by atoms with Crippen LogP contribution in [-0.2, 0) is 23.8 Å². The van der Waals surface area contributed by atoms with E-state index in [1.807, 2.05) is 0 Å². The predicted octanol–water partition coefficient (Wildman–Crippen LogP) is -1.05. The first-order chi connectivity index (χ1) is 7.90. The molecule has 0 spiro atoms. The van der Waals surface area contributed by atoms with Gasteiger partial charge in [0, 0.05) is 20.3 Å². The van der Waals surface area contributed by atoms with Gasteiger partial charge in [-0.15, -0.1) is 0 Å². The fraction of sp³-hybridized carbons (Fsp3) is 0.800. The van der Waals surface area contributed by atoms with E-state index in [4.69, 9.17) is 9.47 Å². The van der Waals surface area contributed by atoms with Crippen molar-refractivity contribution in [3.8, 4) is 0 Å². The second-order valence-corrected chi connectivity index (χ2v) is 3.82. The highest BCUT2D eigenvalue weighted by Crippen LogP contribution is 2.21. The van der Waals surface area contributed by atoms with Crippen molar-refractivity contribution < 1.29 is 34.0 Å². The Hall–Kier alpha value is -1.18. The highest BCUT2D eigenvalue weighted by molar-refractivity contribution is 5.66. The first-order valence-corrected chi connectivity index (χ1v) is 5.22. The number of hydrogen-bond donors (Lipinski definition) is 2. The number of carbonyl (C=O) groups excluding carboxylic acids is 2. The summed E-state index contributed by atoms with van der Waals surface area (Å²) in [5.74, 6) is -1.07.